The summed E-state index contributed by atoms with van der Waals surface area (Å²) in [6, 6.07) is 28.9. The highest BCUT2D eigenvalue weighted by Gasteiger charge is 2.45. The first kappa shape index (κ1) is 29.8. The molecular formula is C38H35ClFNO3S. The lowest BCUT2D eigenvalue weighted by molar-refractivity contribution is 0.364. The summed E-state index contributed by atoms with van der Waals surface area (Å²) in [4.78, 5) is 0. The Labute approximate surface area is 269 Å². The summed E-state index contributed by atoms with van der Waals surface area (Å²) in [5.41, 5.74) is 7.68. The maximum absolute atomic E-state index is 16.1. The van der Waals surface area contributed by atoms with Crippen LogP contribution in [-0.4, -0.2) is 25.3 Å². The molecule has 0 saturated carbocycles. The number of nitrogens with zero attached hydrogens (tertiary/aromatic N) is 1. The number of hydrogen-bond donors (Lipinski definition) is 0. The second kappa shape index (κ2) is 11.5. The van der Waals surface area contributed by atoms with Gasteiger partial charge in [-0.2, -0.15) is 0 Å². The number of methoxy groups -OCH3 is 1. The Morgan fingerprint density at radius 2 is 1.58 bits per heavy atom. The highest BCUT2D eigenvalue weighted by atomic mass is 35.5. The molecule has 0 N–H and O–H groups in total. The Kier molecular flexibility index (Phi) is 7.61. The third-order valence-corrected chi connectivity index (χ3v) is 12.6. The molecule has 0 fully saturated rings. The van der Waals surface area contributed by atoms with Gasteiger partial charge in [-0.1, -0.05) is 66.2 Å². The van der Waals surface area contributed by atoms with Crippen LogP contribution in [0.4, 0.5) is 4.39 Å². The van der Waals surface area contributed by atoms with Gasteiger partial charge in [0.2, 0.25) is 0 Å². The number of ether oxygens (including phenoxy) is 1. The molecule has 0 aliphatic heterocycles. The minimum atomic E-state index is -3.53. The number of fused-ring (bicyclic) bond motifs is 5. The molecule has 0 amide bonds. The zero-order chi connectivity index (χ0) is 31.5. The van der Waals surface area contributed by atoms with Crippen molar-refractivity contribution < 1.29 is 17.5 Å². The van der Waals surface area contributed by atoms with Crippen LogP contribution in [0.5, 0.6) is 5.75 Å². The van der Waals surface area contributed by atoms with E-state index >= 15 is 4.39 Å². The second-order valence-corrected chi connectivity index (χ2v) is 15.6. The summed E-state index contributed by atoms with van der Waals surface area (Å²) in [6.07, 6.45) is 5.02. The molecule has 1 aromatic heterocycles. The van der Waals surface area contributed by atoms with Gasteiger partial charge < -0.3 is 9.30 Å². The van der Waals surface area contributed by atoms with Crippen molar-refractivity contribution in [2.24, 2.45) is 0 Å². The van der Waals surface area contributed by atoms with Gasteiger partial charge in [-0.25, -0.2) is 12.8 Å². The van der Waals surface area contributed by atoms with Gasteiger partial charge in [-0.15, -0.1) is 0 Å². The van der Waals surface area contributed by atoms with Gasteiger partial charge in [0.15, 0.2) is 9.84 Å². The molecule has 230 valence electrons. The van der Waals surface area contributed by atoms with Crippen LogP contribution in [0.3, 0.4) is 0 Å². The van der Waals surface area contributed by atoms with E-state index in [2.05, 4.69) is 22.8 Å². The first-order chi connectivity index (χ1) is 21.7. The van der Waals surface area contributed by atoms with Crippen LogP contribution in [0.2, 0.25) is 5.02 Å². The van der Waals surface area contributed by atoms with Gasteiger partial charge >= 0.3 is 0 Å². The monoisotopic (exact) mass is 639 g/mol. The summed E-state index contributed by atoms with van der Waals surface area (Å²) in [5.74, 6) is -0.337. The SMILES string of the molecule is COc1ccc(C2C(c3ccc(Cl)cc3)Cc3c(ccc4c3C(S(=O)(=O)C(C)C)Cc3ccccc3-4)C2n2cccc2)c(F)c1. The van der Waals surface area contributed by atoms with E-state index in [4.69, 9.17) is 16.3 Å². The average molecular weight is 640 g/mol. The van der Waals surface area contributed by atoms with E-state index in [1.165, 1.54) is 13.2 Å². The fourth-order valence-electron chi connectivity index (χ4n) is 7.63. The van der Waals surface area contributed by atoms with Gasteiger partial charge in [0, 0.05) is 29.4 Å². The van der Waals surface area contributed by atoms with Crippen molar-refractivity contribution in [1.29, 1.82) is 0 Å². The zero-order valence-electron chi connectivity index (χ0n) is 25.5. The van der Waals surface area contributed by atoms with Crippen molar-refractivity contribution in [3.8, 4) is 16.9 Å². The largest absolute Gasteiger partial charge is 0.497 e. The van der Waals surface area contributed by atoms with Crippen LogP contribution >= 0.6 is 11.6 Å². The Hall–Kier alpha value is -3.87. The van der Waals surface area contributed by atoms with Crippen LogP contribution in [0, 0.1) is 5.82 Å². The van der Waals surface area contributed by atoms with Crippen LogP contribution in [0.15, 0.2) is 103 Å². The summed E-state index contributed by atoms with van der Waals surface area (Å²) in [7, 11) is -1.99. The number of aromatic nitrogens is 1. The normalized spacial score (nSPS) is 20.8. The third kappa shape index (κ3) is 4.99. The second-order valence-electron chi connectivity index (χ2n) is 12.4. The fraction of sp³-hybridized carbons (Fsp3) is 0.263. The predicted molar refractivity (Wildman–Crippen MR) is 179 cm³/mol. The molecule has 0 radical (unpaired) electrons. The number of rotatable bonds is 6. The van der Waals surface area contributed by atoms with Gasteiger partial charge in [0.05, 0.1) is 23.7 Å². The van der Waals surface area contributed by atoms with Gasteiger partial charge in [-0.05, 0) is 107 Å². The van der Waals surface area contributed by atoms with Crippen molar-refractivity contribution in [3.05, 3.63) is 148 Å². The summed E-state index contributed by atoms with van der Waals surface area (Å²) >= 11 is 6.35. The predicted octanol–water partition coefficient (Wildman–Crippen LogP) is 9.09. The molecule has 5 aromatic rings. The Morgan fingerprint density at radius 1 is 0.867 bits per heavy atom. The highest BCUT2D eigenvalue weighted by Crippen LogP contribution is 2.56. The van der Waals surface area contributed by atoms with Gasteiger partial charge in [-0.3, -0.25) is 0 Å². The summed E-state index contributed by atoms with van der Waals surface area (Å²) < 4.78 is 51.9. The minimum Gasteiger partial charge on any atom is -0.497 e. The highest BCUT2D eigenvalue weighted by molar-refractivity contribution is 7.92. The molecule has 7 rings (SSSR count). The number of sulfone groups is 1. The lowest BCUT2D eigenvalue weighted by Gasteiger charge is -2.44. The quantitative estimate of drug-likeness (QED) is 0.186. The van der Waals surface area contributed by atoms with Crippen LogP contribution in [0.25, 0.3) is 11.1 Å². The van der Waals surface area contributed by atoms with Gasteiger partial charge in [0.25, 0.3) is 0 Å². The molecule has 2 aliphatic carbocycles. The molecule has 7 heteroatoms. The van der Waals surface area contributed by atoms with E-state index in [0.717, 1.165) is 38.9 Å². The number of halogens is 2. The summed E-state index contributed by atoms with van der Waals surface area (Å²) in [5, 5.41) is -0.586. The Balaban J connectivity index is 1.55. The van der Waals surface area contributed by atoms with Crippen LogP contribution < -0.4 is 4.74 Å². The third-order valence-electron chi connectivity index (χ3n) is 9.81. The van der Waals surface area contributed by atoms with E-state index in [1.807, 2.05) is 79.1 Å². The van der Waals surface area contributed by atoms with E-state index < -0.39 is 20.3 Å². The van der Waals surface area contributed by atoms with Gasteiger partial charge in [0.1, 0.15) is 11.6 Å². The molecule has 0 saturated heterocycles. The van der Waals surface area contributed by atoms with Crippen molar-refractivity contribution in [3.63, 3.8) is 0 Å². The van der Waals surface area contributed by atoms with Crippen LogP contribution in [-0.2, 0) is 22.7 Å². The van der Waals surface area contributed by atoms with E-state index in [9.17, 15) is 8.42 Å². The lowest BCUT2D eigenvalue weighted by Crippen LogP contribution is -2.34. The fourth-order valence-corrected chi connectivity index (χ4v) is 9.42. The smallest absolute Gasteiger partial charge is 0.159 e. The standard InChI is InChI=1S/C38H35ClFNO3S/c1-23(2)45(42,43)35-20-25-8-4-5-9-28(25)29-16-17-30-33(36(29)35)22-32(24-10-12-26(39)13-11-24)37(38(30)41-18-6-7-19-41)31-15-14-27(44-3)21-34(31)40/h4-19,21,23,32,35,37-38H,20,22H2,1-3H3. The van der Waals surface area contributed by atoms with Crippen molar-refractivity contribution in [1.82, 2.24) is 4.57 Å². The topological polar surface area (TPSA) is 48.3 Å². The van der Waals surface area contributed by atoms with Crippen molar-refractivity contribution in [2.45, 2.75) is 55.1 Å². The maximum Gasteiger partial charge on any atom is 0.159 e. The number of hydrogen-bond acceptors (Lipinski definition) is 3. The lowest BCUT2D eigenvalue weighted by atomic mass is 9.64. The van der Waals surface area contributed by atoms with Crippen LogP contribution in [0.1, 0.15) is 70.4 Å². The Bertz CT molecular complexity index is 1990. The molecule has 4 nitrogen and oxygen atoms in total. The van der Waals surface area contributed by atoms with Crippen molar-refractivity contribution >= 4 is 21.4 Å². The zero-order valence-corrected chi connectivity index (χ0v) is 27.0. The maximum atomic E-state index is 16.1. The first-order valence-electron chi connectivity index (χ1n) is 15.4. The summed E-state index contributed by atoms with van der Waals surface area (Å²) in [6.45, 7) is 3.54. The molecule has 4 aromatic carbocycles. The van der Waals surface area contributed by atoms with E-state index in [1.54, 1.807) is 13.8 Å². The molecule has 45 heavy (non-hydrogen) atoms. The minimum absolute atomic E-state index is 0.170. The van der Waals surface area contributed by atoms with E-state index in [-0.39, 0.29) is 23.7 Å². The van der Waals surface area contributed by atoms with E-state index in [0.29, 0.717) is 29.2 Å². The molecule has 2 aliphatic rings. The Morgan fingerprint density at radius 3 is 2.27 bits per heavy atom. The molecule has 1 heterocycles. The molecular weight excluding hydrogens is 605 g/mol. The molecule has 0 spiro atoms. The van der Waals surface area contributed by atoms with Crippen molar-refractivity contribution in [2.75, 3.05) is 7.11 Å². The first-order valence-corrected chi connectivity index (χ1v) is 17.4. The molecule has 4 atom stereocenters. The molecule has 0 bridgehead atoms. The molecule has 4 unspecified atom stereocenters. The average Bonchev–Trinajstić information content (AvgIpc) is 3.58. The number of benzene rings is 4.